The normalized spacial score (nSPS) is 11.9. The molecule has 2 N–H and O–H groups in total. The molecular weight excluding hydrogens is 468 g/mol. The van der Waals surface area contributed by atoms with E-state index in [1.807, 2.05) is 38.1 Å². The smallest absolute Gasteiger partial charge is 0.248 e. The number of aryl methyl sites for hydroxylation is 2. The summed E-state index contributed by atoms with van der Waals surface area (Å²) in [6, 6.07) is 20.7. The SMILES string of the molecule is Cc1cc(C)n(C(C)C(=O)Nc2ccc(NC(=O)CSc3ccc4ccccc4c3)cc2Cl)n1. The van der Waals surface area contributed by atoms with E-state index >= 15 is 0 Å². The Hall–Kier alpha value is -3.29. The molecule has 0 saturated carbocycles. The number of hydrogen-bond acceptors (Lipinski definition) is 4. The van der Waals surface area contributed by atoms with Gasteiger partial charge in [-0.15, -0.1) is 11.8 Å². The van der Waals surface area contributed by atoms with Crippen LogP contribution in [0.1, 0.15) is 24.4 Å². The highest BCUT2D eigenvalue weighted by molar-refractivity contribution is 8.00. The van der Waals surface area contributed by atoms with Gasteiger partial charge < -0.3 is 10.6 Å². The summed E-state index contributed by atoms with van der Waals surface area (Å²) in [5.74, 6) is -0.0879. The quantitative estimate of drug-likeness (QED) is 0.299. The van der Waals surface area contributed by atoms with Crippen molar-refractivity contribution < 1.29 is 9.59 Å². The first-order valence-electron chi connectivity index (χ1n) is 10.8. The van der Waals surface area contributed by atoms with Crippen LogP contribution in [0.15, 0.2) is 71.6 Å². The second kappa shape index (κ2) is 10.3. The number of nitrogens with one attached hydrogen (secondary N) is 2. The number of thioether (sulfide) groups is 1. The summed E-state index contributed by atoms with van der Waals surface area (Å²) >= 11 is 7.85. The number of hydrogen-bond donors (Lipinski definition) is 2. The first kappa shape index (κ1) is 23.9. The van der Waals surface area contributed by atoms with Crippen molar-refractivity contribution in [2.24, 2.45) is 0 Å². The van der Waals surface area contributed by atoms with Crippen LogP contribution in [-0.2, 0) is 9.59 Å². The zero-order valence-corrected chi connectivity index (χ0v) is 20.7. The van der Waals surface area contributed by atoms with Crippen molar-refractivity contribution in [1.29, 1.82) is 0 Å². The Labute approximate surface area is 207 Å². The molecular formula is C26H25ClN4O2S. The molecule has 3 aromatic carbocycles. The molecule has 4 rings (SSSR count). The lowest BCUT2D eigenvalue weighted by Gasteiger charge is -2.16. The van der Waals surface area contributed by atoms with Gasteiger partial charge in [-0.2, -0.15) is 5.10 Å². The number of rotatable bonds is 7. The number of amides is 2. The van der Waals surface area contributed by atoms with E-state index in [2.05, 4.69) is 40.0 Å². The van der Waals surface area contributed by atoms with Crippen LogP contribution in [0.5, 0.6) is 0 Å². The molecule has 0 aliphatic heterocycles. The summed E-state index contributed by atoms with van der Waals surface area (Å²) in [5, 5.41) is 12.7. The van der Waals surface area contributed by atoms with E-state index < -0.39 is 6.04 Å². The molecule has 34 heavy (non-hydrogen) atoms. The van der Waals surface area contributed by atoms with Gasteiger partial charge in [0.2, 0.25) is 11.8 Å². The van der Waals surface area contributed by atoms with Gasteiger partial charge in [-0.05, 0) is 67.9 Å². The van der Waals surface area contributed by atoms with Crippen molar-refractivity contribution in [2.45, 2.75) is 31.7 Å². The van der Waals surface area contributed by atoms with Crippen LogP contribution >= 0.6 is 23.4 Å². The van der Waals surface area contributed by atoms with E-state index in [4.69, 9.17) is 11.6 Å². The Balaban J connectivity index is 1.34. The van der Waals surface area contributed by atoms with Crippen molar-refractivity contribution in [3.05, 3.63) is 83.1 Å². The number of anilines is 2. The van der Waals surface area contributed by atoms with E-state index in [1.54, 1.807) is 29.8 Å². The Bertz CT molecular complexity index is 1370. The highest BCUT2D eigenvalue weighted by atomic mass is 35.5. The molecule has 0 aliphatic carbocycles. The highest BCUT2D eigenvalue weighted by Gasteiger charge is 2.19. The van der Waals surface area contributed by atoms with Crippen LogP contribution in [0, 0.1) is 13.8 Å². The van der Waals surface area contributed by atoms with Crippen molar-refractivity contribution in [2.75, 3.05) is 16.4 Å². The molecule has 2 amide bonds. The summed E-state index contributed by atoms with van der Waals surface area (Å²) in [7, 11) is 0. The zero-order chi connectivity index (χ0) is 24.2. The topological polar surface area (TPSA) is 76.0 Å². The summed E-state index contributed by atoms with van der Waals surface area (Å²) < 4.78 is 1.68. The predicted molar refractivity (Wildman–Crippen MR) is 140 cm³/mol. The van der Waals surface area contributed by atoms with Gasteiger partial charge in [0, 0.05) is 16.3 Å². The third-order valence-electron chi connectivity index (χ3n) is 5.39. The second-order valence-electron chi connectivity index (χ2n) is 8.08. The van der Waals surface area contributed by atoms with E-state index in [9.17, 15) is 9.59 Å². The van der Waals surface area contributed by atoms with E-state index in [0.29, 0.717) is 16.4 Å². The summed E-state index contributed by atoms with van der Waals surface area (Å²) in [5.41, 5.74) is 2.81. The summed E-state index contributed by atoms with van der Waals surface area (Å²) in [6.07, 6.45) is 0. The van der Waals surface area contributed by atoms with Gasteiger partial charge in [0.1, 0.15) is 6.04 Å². The molecule has 0 radical (unpaired) electrons. The Kier molecular flexibility index (Phi) is 7.24. The Morgan fingerprint density at radius 3 is 2.47 bits per heavy atom. The fraction of sp³-hybridized carbons (Fsp3) is 0.192. The monoisotopic (exact) mass is 492 g/mol. The maximum atomic E-state index is 12.7. The van der Waals surface area contributed by atoms with E-state index in [1.165, 1.54) is 17.1 Å². The number of benzene rings is 3. The number of nitrogens with zero attached hydrogens (tertiary/aromatic N) is 2. The number of carbonyl (C=O) groups is 2. The van der Waals surface area contributed by atoms with Crippen LogP contribution in [0.4, 0.5) is 11.4 Å². The van der Waals surface area contributed by atoms with Crippen molar-refractivity contribution >= 4 is 57.3 Å². The molecule has 0 spiro atoms. The van der Waals surface area contributed by atoms with Gasteiger partial charge in [0.25, 0.3) is 0 Å². The number of fused-ring (bicyclic) bond motifs is 1. The minimum atomic E-state index is -0.490. The van der Waals surface area contributed by atoms with Crippen LogP contribution in [-0.4, -0.2) is 27.3 Å². The molecule has 0 saturated heterocycles. The lowest BCUT2D eigenvalue weighted by Crippen LogP contribution is -2.25. The van der Waals surface area contributed by atoms with Crippen LogP contribution < -0.4 is 10.6 Å². The molecule has 1 aromatic heterocycles. The molecule has 0 fully saturated rings. The van der Waals surface area contributed by atoms with Crippen molar-refractivity contribution in [3.8, 4) is 0 Å². The molecule has 6 nitrogen and oxygen atoms in total. The highest BCUT2D eigenvalue weighted by Crippen LogP contribution is 2.28. The van der Waals surface area contributed by atoms with E-state index in [-0.39, 0.29) is 17.6 Å². The number of carbonyl (C=O) groups excluding carboxylic acids is 2. The largest absolute Gasteiger partial charge is 0.325 e. The summed E-state index contributed by atoms with van der Waals surface area (Å²) in [6.45, 7) is 5.58. The fourth-order valence-electron chi connectivity index (χ4n) is 3.68. The van der Waals surface area contributed by atoms with Gasteiger partial charge >= 0.3 is 0 Å². The zero-order valence-electron chi connectivity index (χ0n) is 19.1. The Morgan fingerprint density at radius 2 is 1.76 bits per heavy atom. The van der Waals surface area contributed by atoms with Gasteiger partial charge in [0.15, 0.2) is 0 Å². The maximum Gasteiger partial charge on any atom is 0.248 e. The Morgan fingerprint density at radius 1 is 1.00 bits per heavy atom. The molecule has 0 bridgehead atoms. The second-order valence-corrected chi connectivity index (χ2v) is 9.53. The minimum absolute atomic E-state index is 0.135. The maximum absolute atomic E-state index is 12.7. The lowest BCUT2D eigenvalue weighted by atomic mass is 10.1. The molecule has 0 aliphatic rings. The fourth-order valence-corrected chi connectivity index (χ4v) is 4.66. The molecule has 174 valence electrons. The first-order valence-corrected chi connectivity index (χ1v) is 12.2. The third kappa shape index (κ3) is 5.61. The number of halogens is 1. The molecule has 1 atom stereocenters. The van der Waals surface area contributed by atoms with Crippen LogP contribution in [0.25, 0.3) is 10.8 Å². The van der Waals surface area contributed by atoms with Crippen molar-refractivity contribution in [1.82, 2.24) is 9.78 Å². The number of aromatic nitrogens is 2. The van der Waals surface area contributed by atoms with Crippen LogP contribution in [0.2, 0.25) is 5.02 Å². The van der Waals surface area contributed by atoms with Gasteiger partial charge in [-0.1, -0.05) is 41.9 Å². The summed E-state index contributed by atoms with van der Waals surface area (Å²) in [4.78, 5) is 26.2. The van der Waals surface area contributed by atoms with E-state index in [0.717, 1.165) is 21.7 Å². The molecule has 1 heterocycles. The average molecular weight is 493 g/mol. The standard InChI is InChI=1S/C26H25ClN4O2S/c1-16-12-17(2)31(30-16)18(3)26(33)29-24-11-9-21(14-23(24)27)28-25(32)15-34-22-10-8-19-6-4-5-7-20(19)13-22/h4-14,18H,15H2,1-3H3,(H,28,32)(H,29,33). The minimum Gasteiger partial charge on any atom is -0.325 e. The van der Waals surface area contributed by atoms with Gasteiger partial charge in [-0.3, -0.25) is 14.3 Å². The first-order chi connectivity index (χ1) is 16.3. The predicted octanol–water partition coefficient (Wildman–Crippen LogP) is 6.24. The third-order valence-corrected chi connectivity index (χ3v) is 6.70. The molecule has 1 unspecified atom stereocenters. The molecule has 8 heteroatoms. The average Bonchev–Trinajstić information content (AvgIpc) is 3.16. The van der Waals surface area contributed by atoms with Gasteiger partial charge in [0.05, 0.1) is 22.2 Å². The van der Waals surface area contributed by atoms with Crippen molar-refractivity contribution in [3.63, 3.8) is 0 Å². The molecule has 4 aromatic rings. The van der Waals surface area contributed by atoms with Crippen LogP contribution in [0.3, 0.4) is 0 Å². The lowest BCUT2D eigenvalue weighted by molar-refractivity contribution is -0.119. The van der Waals surface area contributed by atoms with Gasteiger partial charge in [-0.25, -0.2) is 0 Å².